The van der Waals surface area contributed by atoms with E-state index in [2.05, 4.69) is 0 Å². The molecule has 0 saturated carbocycles. The number of hydrogen-bond donors (Lipinski definition) is 0. The molecule has 3 rings (SSSR count). The third kappa shape index (κ3) is 3.56. The molecule has 26 heavy (non-hydrogen) atoms. The number of carbonyl (C=O) groups is 2. The zero-order chi connectivity index (χ0) is 18.8. The Morgan fingerprint density at radius 3 is 2.54 bits per heavy atom. The molecule has 1 fully saturated rings. The minimum atomic E-state index is -0.572. The van der Waals surface area contributed by atoms with Crippen molar-refractivity contribution in [2.24, 2.45) is 5.92 Å². The Bertz CT molecular complexity index is 876. The molecule has 0 N–H and O–H groups in total. The number of carbonyl (C=O) groups excluding carboxylic acids is 2. The molecule has 134 valence electrons. The number of ether oxygens (including phenoxy) is 1. The fraction of sp³-hybridized carbons (Fsp3) is 0.263. The first-order valence-electron chi connectivity index (χ1n) is 8.19. The lowest BCUT2D eigenvalue weighted by Gasteiger charge is -2.19. The molecule has 7 heteroatoms. The highest BCUT2D eigenvalue weighted by Gasteiger charge is 2.37. The summed E-state index contributed by atoms with van der Waals surface area (Å²) in [5.74, 6) is -0.986. The standard InChI is InChI=1S/C19H18N2O5/c1-12-3-4-13(2)17(9-12)20-11-14(10-18(20)22)19(23)26-16-7-5-15(6-8-16)21(24)25/h3-9,14H,10-11H2,1-2H3/t14-/m0/s1. The first-order chi connectivity index (χ1) is 12.3. The van der Waals surface area contributed by atoms with Gasteiger partial charge in [-0.3, -0.25) is 19.7 Å². The number of amides is 1. The maximum Gasteiger partial charge on any atom is 0.316 e. The molecular formula is C19H18N2O5. The van der Waals surface area contributed by atoms with E-state index in [1.165, 1.54) is 24.3 Å². The predicted octanol–water partition coefficient (Wildman–Crippen LogP) is 3.17. The maximum absolute atomic E-state index is 12.4. The number of esters is 1. The molecule has 1 amide bonds. The van der Waals surface area contributed by atoms with Crippen molar-refractivity contribution >= 4 is 23.3 Å². The summed E-state index contributed by atoms with van der Waals surface area (Å²) in [6, 6.07) is 11.1. The van der Waals surface area contributed by atoms with Crippen molar-refractivity contribution in [2.75, 3.05) is 11.4 Å². The third-order valence-corrected chi connectivity index (χ3v) is 4.38. The lowest BCUT2D eigenvalue weighted by Crippen LogP contribution is -2.27. The van der Waals surface area contributed by atoms with E-state index < -0.39 is 16.8 Å². The smallest absolute Gasteiger partial charge is 0.316 e. The van der Waals surface area contributed by atoms with Crippen LogP contribution in [-0.2, 0) is 9.59 Å². The van der Waals surface area contributed by atoms with Gasteiger partial charge in [0.2, 0.25) is 5.91 Å². The van der Waals surface area contributed by atoms with Crippen LogP contribution in [0.5, 0.6) is 5.75 Å². The van der Waals surface area contributed by atoms with Gasteiger partial charge in [0, 0.05) is 30.8 Å². The van der Waals surface area contributed by atoms with Crippen LogP contribution in [0.25, 0.3) is 0 Å². The summed E-state index contributed by atoms with van der Waals surface area (Å²) >= 11 is 0. The Morgan fingerprint density at radius 2 is 1.88 bits per heavy atom. The van der Waals surface area contributed by atoms with Gasteiger partial charge < -0.3 is 9.64 Å². The van der Waals surface area contributed by atoms with Crippen molar-refractivity contribution in [1.29, 1.82) is 0 Å². The average molecular weight is 354 g/mol. The van der Waals surface area contributed by atoms with Gasteiger partial charge in [0.1, 0.15) is 5.75 Å². The summed E-state index contributed by atoms with van der Waals surface area (Å²) in [6.45, 7) is 4.13. The van der Waals surface area contributed by atoms with Crippen LogP contribution >= 0.6 is 0 Å². The number of benzene rings is 2. The van der Waals surface area contributed by atoms with Crippen molar-refractivity contribution in [2.45, 2.75) is 20.3 Å². The Balaban J connectivity index is 1.70. The van der Waals surface area contributed by atoms with Gasteiger partial charge in [-0.2, -0.15) is 0 Å². The lowest BCUT2D eigenvalue weighted by molar-refractivity contribution is -0.384. The topological polar surface area (TPSA) is 89.8 Å². The second-order valence-corrected chi connectivity index (χ2v) is 6.37. The van der Waals surface area contributed by atoms with Gasteiger partial charge >= 0.3 is 5.97 Å². The molecule has 1 aliphatic rings. The molecule has 1 aliphatic heterocycles. The number of anilines is 1. The summed E-state index contributed by atoms with van der Waals surface area (Å²) in [4.78, 5) is 36.5. The monoisotopic (exact) mass is 354 g/mol. The van der Waals surface area contributed by atoms with E-state index in [1.54, 1.807) is 4.90 Å². The number of aryl methyl sites for hydroxylation is 2. The number of non-ortho nitro benzene ring substituents is 1. The van der Waals surface area contributed by atoms with E-state index in [0.29, 0.717) is 0 Å². The van der Waals surface area contributed by atoms with Gasteiger partial charge in [-0.15, -0.1) is 0 Å². The van der Waals surface area contributed by atoms with Gasteiger partial charge in [-0.05, 0) is 43.2 Å². The van der Waals surface area contributed by atoms with E-state index in [1.807, 2.05) is 32.0 Å². The highest BCUT2D eigenvalue weighted by atomic mass is 16.6. The summed E-state index contributed by atoms with van der Waals surface area (Å²) in [6.07, 6.45) is 0.0825. The van der Waals surface area contributed by atoms with E-state index in [9.17, 15) is 19.7 Å². The average Bonchev–Trinajstić information content (AvgIpc) is 2.99. The fourth-order valence-corrected chi connectivity index (χ4v) is 2.94. The SMILES string of the molecule is Cc1ccc(C)c(N2C[C@@H](C(=O)Oc3ccc([N+](=O)[O-])cc3)CC2=O)c1. The Kier molecular flexibility index (Phi) is 4.71. The zero-order valence-electron chi connectivity index (χ0n) is 14.5. The predicted molar refractivity (Wildman–Crippen MR) is 95.1 cm³/mol. The number of rotatable bonds is 4. The van der Waals surface area contributed by atoms with Crippen molar-refractivity contribution < 1.29 is 19.2 Å². The minimum absolute atomic E-state index is 0.0815. The van der Waals surface area contributed by atoms with Crippen LogP contribution < -0.4 is 9.64 Å². The van der Waals surface area contributed by atoms with Gasteiger partial charge in [-0.1, -0.05) is 12.1 Å². The Morgan fingerprint density at radius 1 is 1.19 bits per heavy atom. The van der Waals surface area contributed by atoms with Crippen molar-refractivity contribution in [1.82, 2.24) is 0 Å². The molecule has 1 saturated heterocycles. The van der Waals surface area contributed by atoms with Gasteiger partial charge in [-0.25, -0.2) is 0 Å². The van der Waals surface area contributed by atoms with Crippen LogP contribution in [0.1, 0.15) is 17.5 Å². The van der Waals surface area contributed by atoms with E-state index in [4.69, 9.17) is 4.74 Å². The highest BCUT2D eigenvalue weighted by molar-refractivity contribution is 6.00. The third-order valence-electron chi connectivity index (χ3n) is 4.38. The van der Waals surface area contributed by atoms with Gasteiger partial charge in [0.15, 0.2) is 0 Å². The molecule has 0 spiro atoms. The van der Waals surface area contributed by atoms with Crippen molar-refractivity contribution in [3.05, 3.63) is 63.7 Å². The molecule has 2 aromatic rings. The second-order valence-electron chi connectivity index (χ2n) is 6.37. The second kappa shape index (κ2) is 6.95. The highest BCUT2D eigenvalue weighted by Crippen LogP contribution is 2.30. The minimum Gasteiger partial charge on any atom is -0.426 e. The number of nitro groups is 1. The number of nitro benzene ring substituents is 1. The largest absolute Gasteiger partial charge is 0.426 e. The van der Waals surface area contributed by atoms with E-state index in [0.717, 1.165) is 16.8 Å². The zero-order valence-corrected chi connectivity index (χ0v) is 14.5. The molecule has 0 unspecified atom stereocenters. The van der Waals surface area contributed by atoms with Crippen molar-refractivity contribution in [3.8, 4) is 5.75 Å². The number of hydrogen-bond acceptors (Lipinski definition) is 5. The molecule has 1 atom stereocenters. The first-order valence-corrected chi connectivity index (χ1v) is 8.19. The van der Waals surface area contributed by atoms with E-state index >= 15 is 0 Å². The van der Waals surface area contributed by atoms with Crippen LogP contribution in [0, 0.1) is 29.9 Å². The molecule has 0 aliphatic carbocycles. The van der Waals surface area contributed by atoms with E-state index in [-0.39, 0.29) is 30.3 Å². The van der Waals surface area contributed by atoms with Crippen LogP contribution in [0.4, 0.5) is 11.4 Å². The summed E-state index contributed by atoms with van der Waals surface area (Å²) < 4.78 is 5.28. The lowest BCUT2D eigenvalue weighted by atomic mass is 10.1. The summed E-state index contributed by atoms with van der Waals surface area (Å²) in [7, 11) is 0. The van der Waals surface area contributed by atoms with Crippen molar-refractivity contribution in [3.63, 3.8) is 0 Å². The number of nitrogens with zero attached hydrogens (tertiary/aromatic N) is 2. The van der Waals surface area contributed by atoms with Crippen LogP contribution in [0.2, 0.25) is 0 Å². The molecular weight excluding hydrogens is 336 g/mol. The normalized spacial score (nSPS) is 16.6. The quantitative estimate of drug-likeness (QED) is 0.364. The van der Waals surface area contributed by atoms with Gasteiger partial charge in [0.25, 0.3) is 5.69 Å². The molecule has 2 aromatic carbocycles. The van der Waals surface area contributed by atoms with Crippen LogP contribution in [0.15, 0.2) is 42.5 Å². The summed E-state index contributed by atoms with van der Waals surface area (Å²) in [5.41, 5.74) is 2.73. The Labute approximate surface area is 150 Å². The molecule has 0 aromatic heterocycles. The van der Waals surface area contributed by atoms with Gasteiger partial charge in [0.05, 0.1) is 10.8 Å². The summed E-state index contributed by atoms with van der Waals surface area (Å²) in [5, 5.41) is 10.7. The molecule has 0 bridgehead atoms. The molecule has 7 nitrogen and oxygen atoms in total. The van der Waals surface area contributed by atoms with Crippen LogP contribution in [-0.4, -0.2) is 23.3 Å². The first kappa shape index (κ1) is 17.6. The maximum atomic E-state index is 12.4. The molecule has 1 heterocycles. The molecule has 0 radical (unpaired) electrons. The Hall–Kier alpha value is -3.22. The fourth-order valence-electron chi connectivity index (χ4n) is 2.94. The van der Waals surface area contributed by atoms with Crippen LogP contribution in [0.3, 0.4) is 0 Å².